The number of sulfonamides is 1. The Kier molecular flexibility index (Phi) is 8.10. The van der Waals surface area contributed by atoms with Crippen LogP contribution in [-0.4, -0.2) is 98.8 Å². The molecule has 0 radical (unpaired) electrons. The van der Waals surface area contributed by atoms with Crippen LogP contribution >= 0.6 is 11.6 Å². The molecule has 0 unspecified atom stereocenters. The molecule has 0 spiro atoms. The summed E-state index contributed by atoms with van der Waals surface area (Å²) < 4.78 is 27.2. The molecule has 0 N–H and O–H groups in total. The molecule has 178 valence electrons. The molecular weight excluding hydrogens is 448 g/mol. The highest BCUT2D eigenvalue weighted by Crippen LogP contribution is 2.26. The number of amides is 1. The van der Waals surface area contributed by atoms with Crippen molar-refractivity contribution in [2.24, 2.45) is 5.92 Å². The lowest BCUT2D eigenvalue weighted by atomic mass is 9.89. The van der Waals surface area contributed by atoms with Crippen molar-refractivity contribution in [3.8, 4) is 0 Å². The summed E-state index contributed by atoms with van der Waals surface area (Å²) in [6, 6.07) is 6.51. The molecule has 2 heterocycles. The van der Waals surface area contributed by atoms with Gasteiger partial charge in [-0.15, -0.1) is 0 Å². The summed E-state index contributed by atoms with van der Waals surface area (Å²) in [5, 5.41) is 0.230. The van der Waals surface area contributed by atoms with Gasteiger partial charge in [-0.05, 0) is 30.9 Å². The molecule has 7 nitrogen and oxygen atoms in total. The molecule has 0 atom stereocenters. The minimum absolute atomic E-state index is 0.0977. The third kappa shape index (κ3) is 5.83. The van der Waals surface area contributed by atoms with Crippen molar-refractivity contribution < 1.29 is 13.2 Å². The molecule has 0 aromatic heterocycles. The van der Waals surface area contributed by atoms with Crippen LogP contribution in [0.3, 0.4) is 0 Å². The van der Waals surface area contributed by atoms with E-state index in [0.29, 0.717) is 32.7 Å². The lowest BCUT2D eigenvalue weighted by Crippen LogP contribution is -2.54. The van der Waals surface area contributed by atoms with E-state index < -0.39 is 10.0 Å². The van der Waals surface area contributed by atoms with Crippen LogP contribution in [0.5, 0.6) is 0 Å². The van der Waals surface area contributed by atoms with Crippen LogP contribution in [0, 0.1) is 5.92 Å². The molecule has 2 saturated heterocycles. The van der Waals surface area contributed by atoms with Crippen LogP contribution in [0.25, 0.3) is 0 Å². The number of piperazine rings is 2. The van der Waals surface area contributed by atoms with Crippen molar-refractivity contribution in [2.45, 2.75) is 37.0 Å². The fraction of sp³-hybridized carbons (Fsp3) is 0.696. The number of hydrogen-bond acceptors (Lipinski definition) is 5. The number of nitrogens with zero attached hydrogens (tertiary/aromatic N) is 4. The number of carbonyl (C=O) groups is 1. The van der Waals surface area contributed by atoms with Crippen LogP contribution in [0.15, 0.2) is 29.2 Å². The highest BCUT2D eigenvalue weighted by Gasteiger charge is 2.32. The predicted octanol–water partition coefficient (Wildman–Crippen LogP) is 2.37. The van der Waals surface area contributed by atoms with Crippen LogP contribution in [0.1, 0.15) is 32.1 Å². The average Bonchev–Trinajstić information content (AvgIpc) is 2.81. The van der Waals surface area contributed by atoms with Crippen LogP contribution in [0.4, 0.5) is 0 Å². The fourth-order valence-corrected chi connectivity index (χ4v) is 7.04. The number of hydrogen-bond donors (Lipinski definition) is 0. The lowest BCUT2D eigenvalue weighted by molar-refractivity contribution is -0.134. The van der Waals surface area contributed by atoms with E-state index in [0.717, 1.165) is 32.1 Å². The first-order chi connectivity index (χ1) is 15.4. The Balaban J connectivity index is 1.21. The maximum Gasteiger partial charge on any atom is 0.244 e. The predicted molar refractivity (Wildman–Crippen MR) is 126 cm³/mol. The quantitative estimate of drug-likeness (QED) is 0.623. The molecule has 1 amide bonds. The van der Waals surface area contributed by atoms with Crippen molar-refractivity contribution >= 4 is 27.5 Å². The lowest BCUT2D eigenvalue weighted by Gasteiger charge is -2.38. The Morgan fingerprint density at radius 2 is 1.50 bits per heavy atom. The van der Waals surface area contributed by atoms with Crippen molar-refractivity contribution in [2.75, 3.05) is 65.4 Å². The normalized spacial score (nSPS) is 22.8. The number of benzene rings is 1. The highest BCUT2D eigenvalue weighted by molar-refractivity contribution is 7.89. The first-order valence-corrected chi connectivity index (χ1v) is 13.7. The molecule has 1 aromatic rings. The molecular formula is C23H35ClN4O3S. The van der Waals surface area contributed by atoms with E-state index in [1.54, 1.807) is 23.1 Å². The molecule has 3 fully saturated rings. The molecule has 9 heteroatoms. The standard InChI is InChI=1S/C23H35ClN4O3S/c24-21-8-4-5-9-22(21)32(30,31)28-16-14-27(15-17-28)23(29)19-26-12-10-25(11-13-26)18-20-6-2-1-3-7-20/h4-5,8-9,20H,1-3,6-7,10-19H2. The Morgan fingerprint density at radius 3 is 2.16 bits per heavy atom. The zero-order chi connectivity index (χ0) is 22.6. The Labute approximate surface area is 197 Å². The third-order valence-corrected chi connectivity index (χ3v) is 9.51. The molecule has 2 aliphatic heterocycles. The van der Waals surface area contributed by atoms with E-state index in [4.69, 9.17) is 11.6 Å². The maximum absolute atomic E-state index is 12.9. The van der Waals surface area contributed by atoms with Gasteiger partial charge < -0.3 is 9.80 Å². The second kappa shape index (κ2) is 10.8. The van der Waals surface area contributed by atoms with Gasteiger partial charge in [0.15, 0.2) is 0 Å². The van der Waals surface area contributed by atoms with E-state index in [1.807, 2.05) is 0 Å². The zero-order valence-corrected chi connectivity index (χ0v) is 20.4. The molecule has 0 bridgehead atoms. The van der Waals surface area contributed by atoms with Crippen molar-refractivity contribution in [1.82, 2.24) is 19.0 Å². The van der Waals surface area contributed by atoms with E-state index in [1.165, 1.54) is 49.0 Å². The van der Waals surface area contributed by atoms with Gasteiger partial charge in [-0.25, -0.2) is 8.42 Å². The summed E-state index contributed by atoms with van der Waals surface area (Å²) in [5.41, 5.74) is 0. The van der Waals surface area contributed by atoms with Gasteiger partial charge in [0, 0.05) is 58.9 Å². The fourth-order valence-electron chi connectivity index (χ4n) is 5.13. The Bertz CT molecular complexity index is 875. The molecule has 32 heavy (non-hydrogen) atoms. The Hall–Kier alpha value is -1.19. The molecule has 3 aliphatic rings. The smallest absolute Gasteiger partial charge is 0.244 e. The molecule has 1 aliphatic carbocycles. The second-order valence-electron chi connectivity index (χ2n) is 9.30. The zero-order valence-electron chi connectivity index (χ0n) is 18.8. The van der Waals surface area contributed by atoms with Gasteiger partial charge in [-0.1, -0.05) is 43.0 Å². The van der Waals surface area contributed by atoms with Gasteiger partial charge in [0.05, 0.1) is 11.6 Å². The van der Waals surface area contributed by atoms with Crippen LogP contribution < -0.4 is 0 Å². The summed E-state index contributed by atoms with van der Waals surface area (Å²) >= 11 is 6.10. The summed E-state index contributed by atoms with van der Waals surface area (Å²) in [5.74, 6) is 0.954. The summed E-state index contributed by atoms with van der Waals surface area (Å²) in [7, 11) is -3.64. The SMILES string of the molecule is O=C(CN1CCN(CC2CCCCC2)CC1)N1CCN(S(=O)(=O)c2ccccc2Cl)CC1. The number of rotatable bonds is 6. The van der Waals surface area contributed by atoms with Gasteiger partial charge in [0.1, 0.15) is 4.90 Å². The summed E-state index contributed by atoms with van der Waals surface area (Å²) in [6.45, 7) is 7.01. The van der Waals surface area contributed by atoms with Crippen LogP contribution in [0.2, 0.25) is 5.02 Å². The summed E-state index contributed by atoms with van der Waals surface area (Å²) in [4.78, 5) is 19.6. The van der Waals surface area contributed by atoms with Gasteiger partial charge in [-0.3, -0.25) is 9.69 Å². The van der Waals surface area contributed by atoms with E-state index >= 15 is 0 Å². The average molecular weight is 483 g/mol. The molecule has 1 aromatic carbocycles. The van der Waals surface area contributed by atoms with Gasteiger partial charge >= 0.3 is 0 Å². The van der Waals surface area contributed by atoms with E-state index in [-0.39, 0.29) is 15.8 Å². The first kappa shape index (κ1) is 24.0. The van der Waals surface area contributed by atoms with Crippen molar-refractivity contribution in [1.29, 1.82) is 0 Å². The highest BCUT2D eigenvalue weighted by atomic mass is 35.5. The third-order valence-electron chi connectivity index (χ3n) is 7.11. The largest absolute Gasteiger partial charge is 0.339 e. The Morgan fingerprint density at radius 1 is 0.875 bits per heavy atom. The monoisotopic (exact) mass is 482 g/mol. The van der Waals surface area contributed by atoms with Crippen molar-refractivity contribution in [3.63, 3.8) is 0 Å². The number of carbonyl (C=O) groups excluding carboxylic acids is 1. The van der Waals surface area contributed by atoms with Gasteiger partial charge in [-0.2, -0.15) is 4.31 Å². The first-order valence-electron chi connectivity index (χ1n) is 11.9. The van der Waals surface area contributed by atoms with Gasteiger partial charge in [0.2, 0.25) is 15.9 Å². The molecule has 4 rings (SSSR count). The maximum atomic E-state index is 12.9. The molecule has 1 saturated carbocycles. The van der Waals surface area contributed by atoms with Crippen LogP contribution in [-0.2, 0) is 14.8 Å². The van der Waals surface area contributed by atoms with E-state index in [9.17, 15) is 13.2 Å². The minimum atomic E-state index is -3.64. The minimum Gasteiger partial charge on any atom is -0.339 e. The van der Waals surface area contributed by atoms with Crippen molar-refractivity contribution in [3.05, 3.63) is 29.3 Å². The number of halogens is 1. The second-order valence-corrected chi connectivity index (χ2v) is 11.6. The summed E-state index contributed by atoms with van der Waals surface area (Å²) in [6.07, 6.45) is 6.90. The van der Waals surface area contributed by atoms with E-state index in [2.05, 4.69) is 9.80 Å². The topological polar surface area (TPSA) is 64.2 Å². The van der Waals surface area contributed by atoms with Gasteiger partial charge in [0.25, 0.3) is 0 Å².